The third kappa shape index (κ3) is 4.14. The van der Waals surface area contributed by atoms with Crippen molar-refractivity contribution in [2.75, 3.05) is 23.7 Å². The van der Waals surface area contributed by atoms with Crippen molar-refractivity contribution in [3.63, 3.8) is 0 Å². The lowest BCUT2D eigenvalue weighted by molar-refractivity contribution is 0.0690. The van der Waals surface area contributed by atoms with Crippen molar-refractivity contribution in [2.24, 2.45) is 5.92 Å². The molecule has 1 rings (SSSR count). The second kappa shape index (κ2) is 6.59. The van der Waals surface area contributed by atoms with Gasteiger partial charge in [-0.2, -0.15) is 5.26 Å². The molecule has 0 aliphatic heterocycles. The minimum Gasteiger partial charge on any atom is -0.477 e. The molecule has 0 bridgehead atoms. The summed E-state index contributed by atoms with van der Waals surface area (Å²) in [7, 11) is 0. The van der Waals surface area contributed by atoms with E-state index in [1.807, 2.05) is 18.7 Å². The summed E-state index contributed by atoms with van der Waals surface area (Å²) in [6.07, 6.45) is 0.338. The molecule has 0 aliphatic rings. The molecule has 19 heavy (non-hydrogen) atoms. The first-order valence-corrected chi connectivity index (χ1v) is 6.07. The fraction of sp³-hybridized carbons (Fsp3) is 0.462. The predicted molar refractivity (Wildman–Crippen MR) is 72.9 cm³/mol. The van der Waals surface area contributed by atoms with Crippen molar-refractivity contribution >= 4 is 17.5 Å². The molecule has 1 aromatic rings. The zero-order chi connectivity index (χ0) is 14.4. The summed E-state index contributed by atoms with van der Waals surface area (Å²) in [5.74, 6) is -0.303. The van der Waals surface area contributed by atoms with E-state index in [0.717, 1.165) is 0 Å². The molecular formula is C13H18N4O2. The minimum atomic E-state index is -1.09. The van der Waals surface area contributed by atoms with Crippen molar-refractivity contribution in [1.82, 2.24) is 4.98 Å². The Morgan fingerprint density at radius 3 is 2.79 bits per heavy atom. The molecule has 1 aromatic heterocycles. The summed E-state index contributed by atoms with van der Waals surface area (Å²) in [4.78, 5) is 16.9. The number of hydrogen-bond donors (Lipinski definition) is 2. The zero-order valence-electron chi connectivity index (χ0n) is 11.1. The van der Waals surface area contributed by atoms with Gasteiger partial charge in [-0.1, -0.05) is 13.8 Å². The van der Waals surface area contributed by atoms with Crippen LogP contribution in [0.5, 0.6) is 0 Å². The Bertz CT molecular complexity index is 494. The highest BCUT2D eigenvalue weighted by Gasteiger charge is 2.15. The number of nitriles is 1. The molecule has 0 atom stereocenters. The van der Waals surface area contributed by atoms with Gasteiger partial charge < -0.3 is 15.7 Å². The van der Waals surface area contributed by atoms with Crippen LogP contribution in [0.3, 0.4) is 0 Å². The highest BCUT2D eigenvalue weighted by Crippen LogP contribution is 2.22. The molecule has 0 unspecified atom stereocenters. The molecule has 102 valence electrons. The third-order valence-corrected chi connectivity index (χ3v) is 2.50. The summed E-state index contributed by atoms with van der Waals surface area (Å²) in [6, 6.07) is 4.98. The van der Waals surface area contributed by atoms with Crippen LogP contribution in [-0.4, -0.2) is 29.1 Å². The van der Waals surface area contributed by atoms with E-state index in [1.54, 1.807) is 0 Å². The molecule has 0 radical (unpaired) electrons. The SMILES string of the molecule is CC(C)CN(CCC#N)c1nc(C(=O)O)ccc1N. The number of aromatic carboxylic acids is 1. The second-order valence-corrected chi connectivity index (χ2v) is 4.66. The Kier molecular flexibility index (Phi) is 5.12. The van der Waals surface area contributed by atoms with Crippen LogP contribution in [0.1, 0.15) is 30.8 Å². The Labute approximate surface area is 112 Å². The molecule has 3 N–H and O–H groups in total. The van der Waals surface area contributed by atoms with Crippen molar-refractivity contribution in [3.8, 4) is 6.07 Å². The number of rotatable bonds is 6. The molecule has 0 saturated carbocycles. The van der Waals surface area contributed by atoms with Gasteiger partial charge in [-0.05, 0) is 18.1 Å². The van der Waals surface area contributed by atoms with Crippen molar-refractivity contribution in [2.45, 2.75) is 20.3 Å². The molecule has 0 saturated heterocycles. The standard InChI is InChI=1S/C13H18N4O2/c1-9(2)8-17(7-3-6-14)12-10(15)4-5-11(16-12)13(18)19/h4-5,9H,3,7-8,15H2,1-2H3,(H,18,19). The molecule has 0 amide bonds. The lowest BCUT2D eigenvalue weighted by atomic mass is 10.2. The summed E-state index contributed by atoms with van der Waals surface area (Å²) in [5, 5.41) is 17.7. The van der Waals surface area contributed by atoms with Gasteiger partial charge in [-0.15, -0.1) is 0 Å². The van der Waals surface area contributed by atoms with Gasteiger partial charge in [0.25, 0.3) is 0 Å². The molecule has 1 heterocycles. The highest BCUT2D eigenvalue weighted by atomic mass is 16.4. The Hall–Kier alpha value is -2.29. The zero-order valence-corrected chi connectivity index (χ0v) is 11.1. The van der Waals surface area contributed by atoms with Crippen LogP contribution in [0.25, 0.3) is 0 Å². The first-order chi connectivity index (χ1) is 8.95. The van der Waals surface area contributed by atoms with Gasteiger partial charge in [-0.3, -0.25) is 0 Å². The quantitative estimate of drug-likeness (QED) is 0.809. The topological polar surface area (TPSA) is 103 Å². The van der Waals surface area contributed by atoms with Crippen molar-refractivity contribution in [1.29, 1.82) is 5.26 Å². The average Bonchev–Trinajstić information content (AvgIpc) is 2.34. The summed E-state index contributed by atoms with van der Waals surface area (Å²) in [5.41, 5.74) is 6.23. The highest BCUT2D eigenvalue weighted by molar-refractivity contribution is 5.87. The lowest BCUT2D eigenvalue weighted by Crippen LogP contribution is -2.30. The number of pyridine rings is 1. The largest absolute Gasteiger partial charge is 0.477 e. The van der Waals surface area contributed by atoms with E-state index in [0.29, 0.717) is 36.9 Å². The molecule has 0 aromatic carbocycles. The van der Waals surface area contributed by atoms with Crippen molar-refractivity contribution in [3.05, 3.63) is 17.8 Å². The normalized spacial score (nSPS) is 10.2. The Morgan fingerprint density at radius 2 is 2.26 bits per heavy atom. The number of carbonyl (C=O) groups is 1. The van der Waals surface area contributed by atoms with E-state index < -0.39 is 5.97 Å². The first-order valence-electron chi connectivity index (χ1n) is 6.07. The molecule has 0 aliphatic carbocycles. The van der Waals surface area contributed by atoms with E-state index in [9.17, 15) is 4.79 Å². The monoisotopic (exact) mass is 262 g/mol. The van der Waals surface area contributed by atoms with Gasteiger partial charge >= 0.3 is 5.97 Å². The first kappa shape index (κ1) is 14.8. The summed E-state index contributed by atoms with van der Waals surface area (Å²) in [6.45, 7) is 5.23. The van der Waals surface area contributed by atoms with E-state index in [1.165, 1.54) is 12.1 Å². The second-order valence-electron chi connectivity index (χ2n) is 4.66. The molecule has 0 spiro atoms. The summed E-state index contributed by atoms with van der Waals surface area (Å²) < 4.78 is 0. The van der Waals surface area contributed by atoms with Crippen molar-refractivity contribution < 1.29 is 9.90 Å². The van der Waals surface area contributed by atoms with Crippen LogP contribution in [0.15, 0.2) is 12.1 Å². The van der Waals surface area contributed by atoms with Gasteiger partial charge in [0.1, 0.15) is 0 Å². The van der Waals surface area contributed by atoms with Gasteiger partial charge in [-0.25, -0.2) is 9.78 Å². The van der Waals surface area contributed by atoms with Gasteiger partial charge in [0.05, 0.1) is 18.2 Å². The van der Waals surface area contributed by atoms with Crippen LogP contribution in [0.2, 0.25) is 0 Å². The Morgan fingerprint density at radius 1 is 1.58 bits per heavy atom. The van der Waals surface area contributed by atoms with E-state index in [4.69, 9.17) is 16.1 Å². The predicted octanol–water partition coefficient (Wildman–Crippen LogP) is 1.74. The number of carboxylic acids is 1. The smallest absolute Gasteiger partial charge is 0.354 e. The number of nitrogens with zero attached hydrogens (tertiary/aromatic N) is 3. The number of nitrogen functional groups attached to an aromatic ring is 1. The Balaban J connectivity index is 3.09. The van der Waals surface area contributed by atoms with E-state index >= 15 is 0 Å². The maximum absolute atomic E-state index is 10.9. The summed E-state index contributed by atoms with van der Waals surface area (Å²) >= 11 is 0. The van der Waals surface area contributed by atoms with Crippen LogP contribution in [0, 0.1) is 17.2 Å². The molecule has 6 nitrogen and oxygen atoms in total. The van der Waals surface area contributed by atoms with Gasteiger partial charge in [0.15, 0.2) is 11.5 Å². The molecular weight excluding hydrogens is 244 g/mol. The van der Waals surface area contributed by atoms with Crippen LogP contribution < -0.4 is 10.6 Å². The van der Waals surface area contributed by atoms with Crippen LogP contribution in [-0.2, 0) is 0 Å². The average molecular weight is 262 g/mol. The minimum absolute atomic E-state index is 0.0464. The van der Waals surface area contributed by atoms with Crippen LogP contribution >= 0.6 is 0 Å². The number of aromatic nitrogens is 1. The number of hydrogen-bond acceptors (Lipinski definition) is 5. The maximum atomic E-state index is 10.9. The van der Waals surface area contributed by atoms with Gasteiger partial charge in [0, 0.05) is 13.1 Å². The lowest BCUT2D eigenvalue weighted by Gasteiger charge is -2.26. The van der Waals surface area contributed by atoms with E-state index in [2.05, 4.69) is 11.1 Å². The number of nitrogens with two attached hydrogens (primary N) is 1. The van der Waals surface area contributed by atoms with Gasteiger partial charge in [0.2, 0.25) is 0 Å². The fourth-order valence-electron chi connectivity index (χ4n) is 1.74. The maximum Gasteiger partial charge on any atom is 0.354 e. The van der Waals surface area contributed by atoms with E-state index in [-0.39, 0.29) is 5.69 Å². The number of carboxylic acid groups (broad SMARTS) is 1. The third-order valence-electron chi connectivity index (χ3n) is 2.50. The fourth-order valence-corrected chi connectivity index (χ4v) is 1.74. The molecule has 0 fully saturated rings. The number of anilines is 2. The van der Waals surface area contributed by atoms with Crippen LogP contribution in [0.4, 0.5) is 11.5 Å². The molecule has 6 heteroatoms.